The number of nitrogens with one attached hydrogen (secondary N) is 1. The maximum absolute atomic E-state index is 5.79. The maximum atomic E-state index is 5.79. The molecule has 3 fully saturated rings. The molecule has 0 radical (unpaired) electrons. The van der Waals surface area contributed by atoms with E-state index in [4.69, 9.17) is 9.47 Å². The Labute approximate surface area is 115 Å². The summed E-state index contributed by atoms with van der Waals surface area (Å²) < 4.78 is 11.6. The highest BCUT2D eigenvalue weighted by atomic mass is 16.7. The lowest BCUT2D eigenvalue weighted by atomic mass is 9.88. The number of hydrogen-bond donors (Lipinski definition) is 1. The molecule has 1 N–H and O–H groups in total. The first-order chi connectivity index (χ1) is 9.33. The van der Waals surface area contributed by atoms with E-state index in [1.54, 1.807) is 0 Å². The van der Waals surface area contributed by atoms with Crippen molar-refractivity contribution in [2.45, 2.75) is 50.4 Å². The lowest BCUT2D eigenvalue weighted by Crippen LogP contribution is -2.43. The Hall–Kier alpha value is -0.380. The number of rotatable bonds is 3. The molecule has 4 rings (SSSR count). The van der Waals surface area contributed by atoms with Crippen molar-refractivity contribution in [3.63, 3.8) is 0 Å². The number of hydrogen-bond acceptors (Lipinski definition) is 3. The van der Waals surface area contributed by atoms with E-state index in [9.17, 15) is 0 Å². The summed E-state index contributed by atoms with van der Waals surface area (Å²) in [6.07, 6.45) is 12.3. The minimum atomic E-state index is -0.201. The predicted octanol–water partition coefficient (Wildman–Crippen LogP) is 2.47. The standard InChI is InChI=1S/C16H25NO2/c1-2-13-9-12(1)10-14(13)11-17-15-3-5-16(6-4-15)18-7-8-19-16/h1-2,12-15,17H,3-11H2. The van der Waals surface area contributed by atoms with Gasteiger partial charge >= 0.3 is 0 Å². The molecule has 0 aromatic carbocycles. The molecule has 1 spiro atoms. The van der Waals surface area contributed by atoms with Gasteiger partial charge < -0.3 is 14.8 Å². The summed E-state index contributed by atoms with van der Waals surface area (Å²) in [5.74, 6) is 2.46. The second-order valence-electron chi connectivity index (χ2n) is 6.83. The van der Waals surface area contributed by atoms with Gasteiger partial charge in [0.15, 0.2) is 5.79 Å². The van der Waals surface area contributed by atoms with E-state index in [0.29, 0.717) is 6.04 Å². The van der Waals surface area contributed by atoms with Crippen molar-refractivity contribution in [2.24, 2.45) is 17.8 Å². The van der Waals surface area contributed by atoms with Crippen molar-refractivity contribution in [2.75, 3.05) is 19.8 Å². The van der Waals surface area contributed by atoms with Gasteiger partial charge in [-0.25, -0.2) is 0 Å². The fourth-order valence-electron chi connectivity index (χ4n) is 4.49. The van der Waals surface area contributed by atoms with E-state index >= 15 is 0 Å². The van der Waals surface area contributed by atoms with E-state index in [1.807, 2.05) is 0 Å². The van der Waals surface area contributed by atoms with Gasteiger partial charge in [0.2, 0.25) is 0 Å². The normalized spacial score (nSPS) is 40.5. The lowest BCUT2D eigenvalue weighted by molar-refractivity contribution is -0.179. The van der Waals surface area contributed by atoms with Gasteiger partial charge in [0, 0.05) is 18.9 Å². The molecule has 3 heteroatoms. The molecule has 0 aromatic rings. The van der Waals surface area contributed by atoms with Crippen LogP contribution in [-0.4, -0.2) is 31.6 Å². The third-order valence-electron chi connectivity index (χ3n) is 5.65. The molecule has 3 nitrogen and oxygen atoms in total. The third kappa shape index (κ3) is 2.37. The molecule has 3 unspecified atom stereocenters. The summed E-state index contributed by atoms with van der Waals surface area (Å²) in [5.41, 5.74) is 0. The molecular weight excluding hydrogens is 238 g/mol. The first kappa shape index (κ1) is 12.4. The van der Waals surface area contributed by atoms with Gasteiger partial charge in [-0.2, -0.15) is 0 Å². The molecule has 0 amide bonds. The minimum Gasteiger partial charge on any atom is -0.348 e. The quantitative estimate of drug-likeness (QED) is 0.794. The summed E-state index contributed by atoms with van der Waals surface area (Å²) in [7, 11) is 0. The smallest absolute Gasteiger partial charge is 0.168 e. The second kappa shape index (κ2) is 4.87. The van der Waals surface area contributed by atoms with Crippen LogP contribution in [0.1, 0.15) is 38.5 Å². The highest BCUT2D eigenvalue weighted by molar-refractivity contribution is 5.10. The van der Waals surface area contributed by atoms with Crippen molar-refractivity contribution in [3.05, 3.63) is 12.2 Å². The molecule has 106 valence electrons. The van der Waals surface area contributed by atoms with E-state index < -0.39 is 0 Å². The molecule has 3 atom stereocenters. The Morgan fingerprint density at radius 2 is 1.84 bits per heavy atom. The zero-order valence-electron chi connectivity index (χ0n) is 11.6. The molecule has 2 saturated carbocycles. The monoisotopic (exact) mass is 263 g/mol. The number of ether oxygens (including phenoxy) is 2. The predicted molar refractivity (Wildman–Crippen MR) is 73.7 cm³/mol. The van der Waals surface area contributed by atoms with Gasteiger partial charge in [0.05, 0.1) is 13.2 Å². The Morgan fingerprint density at radius 1 is 1.05 bits per heavy atom. The average Bonchev–Trinajstić information content (AvgIpc) is 3.15. The van der Waals surface area contributed by atoms with Gasteiger partial charge in [-0.05, 0) is 50.0 Å². The number of allylic oxidation sites excluding steroid dienone is 2. The van der Waals surface area contributed by atoms with Crippen LogP contribution in [0.5, 0.6) is 0 Å². The highest BCUT2D eigenvalue weighted by Gasteiger charge is 2.41. The van der Waals surface area contributed by atoms with Gasteiger partial charge in [-0.15, -0.1) is 0 Å². The molecule has 19 heavy (non-hydrogen) atoms. The van der Waals surface area contributed by atoms with E-state index in [-0.39, 0.29) is 5.79 Å². The average molecular weight is 263 g/mol. The van der Waals surface area contributed by atoms with Gasteiger partial charge in [-0.3, -0.25) is 0 Å². The van der Waals surface area contributed by atoms with E-state index in [0.717, 1.165) is 43.8 Å². The van der Waals surface area contributed by atoms with Crippen molar-refractivity contribution in [3.8, 4) is 0 Å². The van der Waals surface area contributed by atoms with Crippen LogP contribution < -0.4 is 5.32 Å². The first-order valence-corrected chi connectivity index (χ1v) is 8.03. The van der Waals surface area contributed by atoms with Crippen molar-refractivity contribution in [1.29, 1.82) is 0 Å². The van der Waals surface area contributed by atoms with Crippen LogP contribution in [0, 0.1) is 17.8 Å². The molecule has 1 saturated heterocycles. The Bertz CT molecular complexity index is 352. The molecule has 1 aliphatic heterocycles. The van der Waals surface area contributed by atoms with Crippen LogP contribution in [-0.2, 0) is 9.47 Å². The van der Waals surface area contributed by atoms with Crippen LogP contribution >= 0.6 is 0 Å². The summed E-state index contributed by atoms with van der Waals surface area (Å²) >= 11 is 0. The van der Waals surface area contributed by atoms with Gasteiger partial charge in [0.25, 0.3) is 0 Å². The van der Waals surface area contributed by atoms with E-state index in [1.165, 1.54) is 32.2 Å². The summed E-state index contributed by atoms with van der Waals surface area (Å²) in [4.78, 5) is 0. The first-order valence-electron chi connectivity index (χ1n) is 8.03. The van der Waals surface area contributed by atoms with Crippen LogP contribution in [0.25, 0.3) is 0 Å². The van der Waals surface area contributed by atoms with Gasteiger partial charge in [0.1, 0.15) is 0 Å². The SMILES string of the molecule is C1=CC2CC1CC2CNC1CCC2(CC1)OCCO2. The molecule has 2 bridgehead atoms. The summed E-state index contributed by atoms with van der Waals surface area (Å²) in [5, 5.41) is 3.81. The van der Waals surface area contributed by atoms with Crippen molar-refractivity contribution >= 4 is 0 Å². The fraction of sp³-hybridized carbons (Fsp3) is 0.875. The van der Waals surface area contributed by atoms with Crippen LogP contribution in [0.4, 0.5) is 0 Å². The fourth-order valence-corrected chi connectivity index (χ4v) is 4.49. The second-order valence-corrected chi connectivity index (χ2v) is 6.83. The Kier molecular flexibility index (Phi) is 3.17. The number of fused-ring (bicyclic) bond motifs is 2. The third-order valence-corrected chi connectivity index (χ3v) is 5.65. The molecule has 4 aliphatic rings. The molecule has 1 heterocycles. The molecular formula is C16H25NO2. The van der Waals surface area contributed by atoms with Crippen LogP contribution in [0.15, 0.2) is 12.2 Å². The highest BCUT2D eigenvalue weighted by Crippen LogP contribution is 2.43. The van der Waals surface area contributed by atoms with Crippen molar-refractivity contribution < 1.29 is 9.47 Å². The summed E-state index contributed by atoms with van der Waals surface area (Å²) in [6, 6.07) is 0.682. The summed E-state index contributed by atoms with van der Waals surface area (Å²) in [6.45, 7) is 2.79. The van der Waals surface area contributed by atoms with Gasteiger partial charge in [-0.1, -0.05) is 12.2 Å². The Balaban J connectivity index is 1.23. The minimum absolute atomic E-state index is 0.201. The molecule has 3 aliphatic carbocycles. The Morgan fingerprint density at radius 3 is 2.47 bits per heavy atom. The van der Waals surface area contributed by atoms with E-state index in [2.05, 4.69) is 17.5 Å². The van der Waals surface area contributed by atoms with Crippen LogP contribution in [0.3, 0.4) is 0 Å². The molecule has 0 aromatic heterocycles. The van der Waals surface area contributed by atoms with Crippen LogP contribution in [0.2, 0.25) is 0 Å². The lowest BCUT2D eigenvalue weighted by Gasteiger charge is -2.36. The zero-order chi connectivity index (χ0) is 12.7. The largest absolute Gasteiger partial charge is 0.348 e. The zero-order valence-corrected chi connectivity index (χ0v) is 11.6. The van der Waals surface area contributed by atoms with Crippen molar-refractivity contribution in [1.82, 2.24) is 5.32 Å². The maximum Gasteiger partial charge on any atom is 0.168 e. The topological polar surface area (TPSA) is 30.5 Å².